The van der Waals surface area contributed by atoms with Crippen LogP contribution < -0.4 is 5.32 Å². The Morgan fingerprint density at radius 1 is 1.17 bits per heavy atom. The summed E-state index contributed by atoms with van der Waals surface area (Å²) in [7, 11) is -3.10. The summed E-state index contributed by atoms with van der Waals surface area (Å²) in [5.41, 5.74) is 0. The second-order valence-corrected chi connectivity index (χ2v) is 7.53. The van der Waals surface area contributed by atoms with Gasteiger partial charge in [-0.2, -0.15) is 4.31 Å². The van der Waals surface area contributed by atoms with Gasteiger partial charge in [0.1, 0.15) is 0 Å². The van der Waals surface area contributed by atoms with Gasteiger partial charge in [0, 0.05) is 25.7 Å². The third kappa shape index (κ3) is 3.04. The zero-order valence-electron chi connectivity index (χ0n) is 11.4. The van der Waals surface area contributed by atoms with Crippen LogP contribution in [0.2, 0.25) is 0 Å². The van der Waals surface area contributed by atoms with Gasteiger partial charge in [-0.25, -0.2) is 8.42 Å². The molecular formula is C12H25N3O2S. The van der Waals surface area contributed by atoms with Crippen LogP contribution in [0.3, 0.4) is 0 Å². The van der Waals surface area contributed by atoms with E-state index in [1.54, 1.807) is 4.31 Å². The van der Waals surface area contributed by atoms with E-state index in [0.29, 0.717) is 19.1 Å². The van der Waals surface area contributed by atoms with Crippen LogP contribution in [0, 0.1) is 0 Å². The van der Waals surface area contributed by atoms with Crippen molar-refractivity contribution in [3.8, 4) is 0 Å². The summed E-state index contributed by atoms with van der Waals surface area (Å²) in [6.07, 6.45) is 3.36. The quantitative estimate of drug-likeness (QED) is 0.794. The number of rotatable bonds is 2. The van der Waals surface area contributed by atoms with E-state index in [0.717, 1.165) is 25.9 Å². The molecule has 106 valence electrons. The molecule has 0 aromatic rings. The smallest absolute Gasteiger partial charge is 0.216 e. The van der Waals surface area contributed by atoms with E-state index >= 15 is 0 Å². The molecule has 0 bridgehead atoms. The Morgan fingerprint density at radius 2 is 1.94 bits per heavy atom. The first kappa shape index (κ1) is 14.2. The van der Waals surface area contributed by atoms with Gasteiger partial charge in [0.15, 0.2) is 0 Å². The van der Waals surface area contributed by atoms with Gasteiger partial charge in [0.05, 0.1) is 11.9 Å². The van der Waals surface area contributed by atoms with Crippen molar-refractivity contribution in [3.05, 3.63) is 0 Å². The van der Waals surface area contributed by atoms with Gasteiger partial charge in [-0.1, -0.05) is 0 Å². The average Bonchev–Trinajstić information content (AvgIpc) is 2.50. The van der Waals surface area contributed by atoms with Crippen LogP contribution in [0.5, 0.6) is 0 Å². The van der Waals surface area contributed by atoms with Crippen molar-refractivity contribution in [3.63, 3.8) is 0 Å². The molecule has 1 N–H and O–H groups in total. The highest BCUT2D eigenvalue weighted by Gasteiger charge is 2.36. The van der Waals surface area contributed by atoms with Gasteiger partial charge in [-0.3, -0.25) is 4.90 Å². The summed E-state index contributed by atoms with van der Waals surface area (Å²) < 4.78 is 26.4. The van der Waals surface area contributed by atoms with Gasteiger partial charge in [0.2, 0.25) is 10.0 Å². The first-order chi connectivity index (χ1) is 8.52. The Balaban J connectivity index is 2.20. The fourth-order valence-electron chi connectivity index (χ4n) is 2.95. The minimum absolute atomic E-state index is 0.0728. The Kier molecular flexibility index (Phi) is 4.64. The molecule has 0 aromatic carbocycles. The molecular weight excluding hydrogens is 250 g/mol. The number of sulfonamides is 1. The molecule has 6 heteroatoms. The summed E-state index contributed by atoms with van der Waals surface area (Å²) in [6.45, 7) is 7.27. The van der Waals surface area contributed by atoms with Gasteiger partial charge >= 0.3 is 0 Å². The second kappa shape index (κ2) is 5.86. The number of likely N-dealkylation sites (tertiary alicyclic amines) is 1. The molecule has 2 aliphatic rings. The highest BCUT2D eigenvalue weighted by atomic mass is 32.2. The monoisotopic (exact) mass is 275 g/mol. The lowest BCUT2D eigenvalue weighted by Gasteiger charge is -2.43. The minimum Gasteiger partial charge on any atom is -0.314 e. The van der Waals surface area contributed by atoms with Crippen molar-refractivity contribution in [2.45, 2.75) is 45.3 Å². The predicted molar refractivity (Wildman–Crippen MR) is 72.8 cm³/mol. The van der Waals surface area contributed by atoms with E-state index in [9.17, 15) is 8.42 Å². The Morgan fingerprint density at radius 3 is 2.67 bits per heavy atom. The standard InChI is InChI=1S/C12H25N3O2S/c1-11(2)14-8-4-3-5-12(14)15-9-6-13-7-10-18(15,16)17/h11-13H,3-10H2,1-2H3. The van der Waals surface area contributed by atoms with E-state index in [1.165, 1.54) is 6.42 Å². The summed E-state index contributed by atoms with van der Waals surface area (Å²) in [4.78, 5) is 2.34. The third-order valence-corrected chi connectivity index (χ3v) is 5.77. The third-order valence-electron chi connectivity index (χ3n) is 3.91. The maximum atomic E-state index is 12.3. The van der Waals surface area contributed by atoms with E-state index in [2.05, 4.69) is 24.1 Å². The summed E-state index contributed by atoms with van der Waals surface area (Å²) in [5, 5.41) is 3.18. The van der Waals surface area contributed by atoms with E-state index in [1.807, 2.05) is 0 Å². The highest BCUT2D eigenvalue weighted by molar-refractivity contribution is 7.89. The molecule has 0 aliphatic carbocycles. The first-order valence-corrected chi connectivity index (χ1v) is 8.59. The SMILES string of the molecule is CC(C)N1CCCCC1N1CCNCCS1(=O)=O. The number of nitrogens with one attached hydrogen (secondary N) is 1. The molecule has 2 saturated heterocycles. The van der Waals surface area contributed by atoms with E-state index in [4.69, 9.17) is 0 Å². The van der Waals surface area contributed by atoms with Crippen LogP contribution in [-0.4, -0.2) is 61.8 Å². The van der Waals surface area contributed by atoms with Gasteiger partial charge in [-0.15, -0.1) is 0 Å². The van der Waals surface area contributed by atoms with Crippen LogP contribution in [0.25, 0.3) is 0 Å². The topological polar surface area (TPSA) is 52.6 Å². The summed E-state index contributed by atoms with van der Waals surface area (Å²) in [5.74, 6) is 0.232. The van der Waals surface area contributed by atoms with Crippen molar-refractivity contribution in [2.24, 2.45) is 0 Å². The van der Waals surface area contributed by atoms with Gasteiger partial charge in [0.25, 0.3) is 0 Å². The molecule has 5 nitrogen and oxygen atoms in total. The number of hydrogen-bond acceptors (Lipinski definition) is 4. The number of nitrogens with zero attached hydrogens (tertiary/aromatic N) is 2. The number of hydrogen-bond donors (Lipinski definition) is 1. The molecule has 1 unspecified atom stereocenters. The first-order valence-electron chi connectivity index (χ1n) is 6.98. The van der Waals surface area contributed by atoms with E-state index < -0.39 is 10.0 Å². The van der Waals surface area contributed by atoms with Crippen LogP contribution in [-0.2, 0) is 10.0 Å². The maximum absolute atomic E-state index is 12.3. The Bertz CT molecular complexity index is 370. The highest BCUT2D eigenvalue weighted by Crippen LogP contribution is 2.25. The molecule has 1 atom stereocenters. The molecule has 0 amide bonds. The molecule has 0 saturated carbocycles. The fourth-order valence-corrected chi connectivity index (χ4v) is 4.56. The zero-order chi connectivity index (χ0) is 13.2. The molecule has 0 aromatic heterocycles. The molecule has 18 heavy (non-hydrogen) atoms. The van der Waals surface area contributed by atoms with Crippen molar-refractivity contribution in [2.75, 3.05) is 31.9 Å². The van der Waals surface area contributed by atoms with Crippen molar-refractivity contribution in [1.82, 2.24) is 14.5 Å². The molecule has 2 aliphatic heterocycles. The lowest BCUT2D eigenvalue weighted by Crippen LogP contribution is -2.55. The fraction of sp³-hybridized carbons (Fsp3) is 1.00. The summed E-state index contributed by atoms with van der Waals surface area (Å²) in [6, 6.07) is 0.404. The predicted octanol–water partition coefficient (Wildman–Crippen LogP) is 0.442. The lowest BCUT2D eigenvalue weighted by atomic mass is 10.1. The van der Waals surface area contributed by atoms with Gasteiger partial charge < -0.3 is 5.32 Å². The molecule has 2 fully saturated rings. The van der Waals surface area contributed by atoms with Crippen molar-refractivity contribution < 1.29 is 8.42 Å². The average molecular weight is 275 g/mol. The molecule has 0 radical (unpaired) electrons. The van der Waals surface area contributed by atoms with Crippen LogP contribution >= 0.6 is 0 Å². The number of piperidine rings is 1. The van der Waals surface area contributed by atoms with Crippen LogP contribution in [0.4, 0.5) is 0 Å². The molecule has 2 rings (SSSR count). The van der Waals surface area contributed by atoms with Crippen molar-refractivity contribution in [1.29, 1.82) is 0 Å². The summed E-state index contributed by atoms with van der Waals surface area (Å²) >= 11 is 0. The van der Waals surface area contributed by atoms with E-state index in [-0.39, 0.29) is 11.9 Å². The Hall–Kier alpha value is -0.170. The molecule has 2 heterocycles. The minimum atomic E-state index is -3.10. The lowest BCUT2D eigenvalue weighted by molar-refractivity contribution is 0.0395. The van der Waals surface area contributed by atoms with Gasteiger partial charge in [-0.05, 0) is 39.7 Å². The van der Waals surface area contributed by atoms with Crippen molar-refractivity contribution >= 4 is 10.0 Å². The second-order valence-electron chi connectivity index (χ2n) is 5.48. The maximum Gasteiger partial charge on any atom is 0.216 e. The van der Waals surface area contributed by atoms with Crippen LogP contribution in [0.15, 0.2) is 0 Å². The molecule has 0 spiro atoms. The Labute approximate surface area is 111 Å². The van der Waals surface area contributed by atoms with Crippen LogP contribution in [0.1, 0.15) is 33.1 Å². The zero-order valence-corrected chi connectivity index (χ0v) is 12.2. The largest absolute Gasteiger partial charge is 0.314 e. The normalized spacial score (nSPS) is 31.4.